The van der Waals surface area contributed by atoms with E-state index in [0.717, 1.165) is 0 Å². The molecule has 0 unspecified atom stereocenters. The normalized spacial score (nSPS) is 13.6. The summed E-state index contributed by atoms with van der Waals surface area (Å²) in [6.07, 6.45) is 0. The Morgan fingerprint density at radius 3 is 1.90 bits per heavy atom. The molecule has 0 saturated carbocycles. The van der Waals surface area contributed by atoms with E-state index in [0.29, 0.717) is 0 Å². The molecule has 0 radical (unpaired) electrons. The molecule has 5 nitrogen and oxygen atoms in total. The van der Waals surface area contributed by atoms with Crippen LogP contribution in [0.2, 0.25) is 0 Å². The van der Waals surface area contributed by atoms with E-state index in [2.05, 4.69) is 0 Å². The van der Waals surface area contributed by atoms with Gasteiger partial charge in [0.15, 0.2) is 0 Å². The predicted molar refractivity (Wildman–Crippen MR) is 35.2 cm³/mol. The molecule has 2 N–H and O–H groups in total. The molecule has 0 rings (SSSR count). The Morgan fingerprint density at radius 2 is 1.80 bits per heavy atom. The maximum atomic E-state index is 10.1. The third-order valence-corrected chi connectivity index (χ3v) is 1.59. The maximum Gasteiger partial charge on any atom is 0.270 e. The molecule has 0 fully saturated rings. The summed E-state index contributed by atoms with van der Waals surface area (Å²) in [7, 11) is -1.09. The van der Waals surface area contributed by atoms with Gasteiger partial charge in [0.1, 0.15) is 12.3 Å². The number of hydroxylamine groups is 3. The first kappa shape index (κ1) is 9.83. The summed E-state index contributed by atoms with van der Waals surface area (Å²) in [6, 6.07) is 0. The first-order valence-corrected chi connectivity index (χ1v) is 4.32. The van der Waals surface area contributed by atoms with Gasteiger partial charge in [-0.15, -0.1) is 0 Å². The maximum absolute atomic E-state index is 10.1. The fraction of sp³-hybridized carbons (Fsp3) is 1.00. The van der Waals surface area contributed by atoms with Crippen LogP contribution in [0.1, 0.15) is 0 Å². The Kier molecular flexibility index (Phi) is 2.78. The van der Waals surface area contributed by atoms with E-state index in [1.165, 1.54) is 14.1 Å². The molecule has 0 amide bonds. The van der Waals surface area contributed by atoms with Crippen LogP contribution in [0.4, 0.5) is 0 Å². The van der Waals surface area contributed by atoms with Gasteiger partial charge in [-0.3, -0.25) is 4.55 Å². The summed E-state index contributed by atoms with van der Waals surface area (Å²) >= 11 is 0. The molecule has 6 heteroatoms. The van der Waals surface area contributed by atoms with Gasteiger partial charge in [-0.2, -0.15) is 13.1 Å². The van der Waals surface area contributed by atoms with Gasteiger partial charge >= 0.3 is 0 Å². The highest BCUT2D eigenvalue weighted by Crippen LogP contribution is 1.91. The van der Waals surface area contributed by atoms with Crippen LogP contribution in [-0.4, -0.2) is 49.2 Å². The molecule has 0 aromatic heterocycles. The average molecular weight is 170 g/mol. The van der Waals surface area contributed by atoms with Crippen molar-refractivity contribution < 1.29 is 22.8 Å². The van der Waals surface area contributed by atoms with Crippen LogP contribution in [-0.2, 0) is 10.1 Å². The number of hydrogen-bond donors (Lipinski definition) is 2. The van der Waals surface area contributed by atoms with E-state index in [4.69, 9.17) is 9.76 Å². The van der Waals surface area contributed by atoms with E-state index < -0.39 is 20.5 Å². The Hall–Kier alpha value is -0.170. The van der Waals surface area contributed by atoms with Gasteiger partial charge in [-0.05, 0) is 0 Å². The fourth-order valence-electron chi connectivity index (χ4n) is 0.339. The minimum atomic E-state index is -3.93. The third kappa shape index (κ3) is 7.83. The lowest BCUT2D eigenvalue weighted by atomic mass is 10.7. The van der Waals surface area contributed by atoms with Crippen LogP contribution < -0.4 is 0 Å². The smallest absolute Gasteiger partial charge is 0.270 e. The van der Waals surface area contributed by atoms with Crippen molar-refractivity contribution in [1.29, 1.82) is 0 Å². The predicted octanol–water partition coefficient (Wildman–Crippen LogP) is -0.660. The molecular weight excluding hydrogens is 158 g/mol. The van der Waals surface area contributed by atoms with Gasteiger partial charge in [0, 0.05) is 0 Å². The van der Waals surface area contributed by atoms with Gasteiger partial charge in [-0.1, -0.05) is 0 Å². The summed E-state index contributed by atoms with van der Waals surface area (Å²) < 4.78 is 28.0. The third-order valence-electron chi connectivity index (χ3n) is 0.896. The first-order chi connectivity index (χ1) is 4.21. The molecule has 0 aromatic carbocycles. The standard InChI is InChI=1S/C4H11NO4S/c1-5(2,6)3-4-10(7,8)9/h6H,3-4H2,1-2H3/p+1. The van der Waals surface area contributed by atoms with Gasteiger partial charge < -0.3 is 0 Å². The van der Waals surface area contributed by atoms with Gasteiger partial charge in [0.2, 0.25) is 0 Å². The topological polar surface area (TPSA) is 74.6 Å². The number of rotatable bonds is 3. The van der Waals surface area contributed by atoms with Gasteiger partial charge in [0.25, 0.3) is 10.1 Å². The number of nitrogens with zero attached hydrogens (tertiary/aromatic N) is 1. The highest BCUT2D eigenvalue weighted by atomic mass is 32.2. The van der Waals surface area contributed by atoms with E-state index in [1.54, 1.807) is 0 Å². The van der Waals surface area contributed by atoms with E-state index in [9.17, 15) is 8.42 Å². The molecule has 0 aliphatic carbocycles. The highest BCUT2D eigenvalue weighted by molar-refractivity contribution is 7.85. The van der Waals surface area contributed by atoms with Crippen molar-refractivity contribution in [3.63, 3.8) is 0 Å². The minimum Gasteiger partial charge on any atom is -0.285 e. The zero-order valence-corrected chi connectivity index (χ0v) is 6.80. The first-order valence-electron chi connectivity index (χ1n) is 2.72. The van der Waals surface area contributed by atoms with Crippen LogP contribution >= 0.6 is 0 Å². The fourth-order valence-corrected chi connectivity index (χ4v) is 1.02. The van der Waals surface area contributed by atoms with Gasteiger partial charge in [-0.25, -0.2) is 5.21 Å². The molecule has 10 heavy (non-hydrogen) atoms. The number of quaternary nitrogens is 1. The van der Waals surface area contributed by atoms with Crippen molar-refractivity contribution in [2.75, 3.05) is 26.4 Å². The summed E-state index contributed by atoms with van der Waals surface area (Å²) in [6.45, 7) is -0.0150. The molecule has 0 aliphatic rings. The number of hydrogen-bond acceptors (Lipinski definition) is 3. The Morgan fingerprint density at radius 1 is 1.40 bits per heavy atom. The van der Waals surface area contributed by atoms with Crippen molar-refractivity contribution in [3.05, 3.63) is 0 Å². The Labute approximate surface area is 60.2 Å². The van der Waals surface area contributed by atoms with E-state index in [-0.39, 0.29) is 6.54 Å². The molecule has 0 spiro atoms. The van der Waals surface area contributed by atoms with Crippen molar-refractivity contribution >= 4 is 10.1 Å². The average Bonchev–Trinajstić information content (AvgIpc) is 1.57. The zero-order chi connectivity index (χ0) is 8.41. The summed E-state index contributed by atoms with van der Waals surface area (Å²) in [5.74, 6) is -0.420. The van der Waals surface area contributed by atoms with E-state index in [1.807, 2.05) is 0 Å². The minimum absolute atomic E-state index is 0.0150. The summed E-state index contributed by atoms with van der Waals surface area (Å²) in [5.41, 5.74) is 0. The van der Waals surface area contributed by atoms with Gasteiger partial charge in [0.05, 0.1) is 14.1 Å². The lowest BCUT2D eigenvalue weighted by Crippen LogP contribution is -2.39. The van der Waals surface area contributed by atoms with Crippen LogP contribution in [0, 0.1) is 0 Å². The molecule has 0 atom stereocenters. The summed E-state index contributed by atoms with van der Waals surface area (Å²) in [5, 5.41) is 8.94. The molecule has 0 bridgehead atoms. The Bertz CT molecular complexity index is 190. The Balaban J connectivity index is 3.79. The summed E-state index contributed by atoms with van der Waals surface area (Å²) in [4.78, 5) is 0. The van der Waals surface area contributed by atoms with Crippen molar-refractivity contribution in [1.82, 2.24) is 0 Å². The van der Waals surface area contributed by atoms with Crippen LogP contribution in [0.3, 0.4) is 0 Å². The van der Waals surface area contributed by atoms with E-state index >= 15 is 0 Å². The molecular formula is C4H12NO4S+. The lowest BCUT2D eigenvalue weighted by Gasteiger charge is -2.17. The molecule has 0 heterocycles. The van der Waals surface area contributed by atoms with Crippen LogP contribution in [0.15, 0.2) is 0 Å². The monoisotopic (exact) mass is 170 g/mol. The molecule has 62 valence electrons. The lowest BCUT2D eigenvalue weighted by molar-refractivity contribution is -1.07. The van der Waals surface area contributed by atoms with Crippen molar-refractivity contribution in [3.8, 4) is 0 Å². The molecule has 0 aromatic rings. The van der Waals surface area contributed by atoms with Crippen molar-refractivity contribution in [2.45, 2.75) is 0 Å². The molecule has 0 aliphatic heterocycles. The second-order valence-corrected chi connectivity index (χ2v) is 4.20. The highest BCUT2D eigenvalue weighted by Gasteiger charge is 2.15. The quantitative estimate of drug-likeness (QED) is 0.335. The zero-order valence-electron chi connectivity index (χ0n) is 5.98. The van der Waals surface area contributed by atoms with Crippen LogP contribution in [0.25, 0.3) is 0 Å². The van der Waals surface area contributed by atoms with Crippen LogP contribution in [0.5, 0.6) is 0 Å². The molecule has 0 saturated heterocycles. The second-order valence-electron chi connectivity index (χ2n) is 2.63. The SMILES string of the molecule is C[N+](C)(O)CCS(=O)(=O)O. The second kappa shape index (κ2) is 2.83. The largest absolute Gasteiger partial charge is 0.285 e. The van der Waals surface area contributed by atoms with Crippen molar-refractivity contribution in [2.24, 2.45) is 0 Å².